The molecule has 3 nitrogen and oxygen atoms in total. The molecule has 1 aromatic rings. The molecule has 0 heterocycles. The van der Waals surface area contributed by atoms with Crippen LogP contribution in [-0.4, -0.2) is 18.8 Å². The van der Waals surface area contributed by atoms with Crippen LogP contribution in [0.25, 0.3) is 0 Å². The maximum atomic E-state index is 9.95. The number of para-hydroxylation sites is 1. The van der Waals surface area contributed by atoms with E-state index in [1.54, 1.807) is 13.2 Å². The van der Waals surface area contributed by atoms with Gasteiger partial charge in [0.25, 0.3) is 0 Å². The van der Waals surface area contributed by atoms with Crippen LogP contribution in [0.2, 0.25) is 0 Å². The molecule has 2 N–H and O–H groups in total. The van der Waals surface area contributed by atoms with Crippen molar-refractivity contribution in [2.24, 2.45) is 5.92 Å². The Morgan fingerprint density at radius 2 is 2.28 bits per heavy atom. The van der Waals surface area contributed by atoms with Gasteiger partial charge in [0.05, 0.1) is 7.11 Å². The molecule has 0 amide bonds. The summed E-state index contributed by atoms with van der Waals surface area (Å²) in [5.41, 5.74) is 0.890. The van der Waals surface area contributed by atoms with Gasteiger partial charge in [0.15, 0.2) is 11.5 Å². The highest BCUT2D eigenvalue weighted by molar-refractivity contribution is 5.45. The monoisotopic (exact) mass is 247 g/mol. The molecule has 0 saturated carbocycles. The van der Waals surface area contributed by atoms with Crippen LogP contribution in [0.4, 0.5) is 0 Å². The van der Waals surface area contributed by atoms with E-state index >= 15 is 0 Å². The molecule has 0 fully saturated rings. The highest BCUT2D eigenvalue weighted by Crippen LogP contribution is 2.29. The van der Waals surface area contributed by atoms with Crippen LogP contribution < -0.4 is 10.1 Å². The molecule has 1 aliphatic carbocycles. The Hall–Kier alpha value is -1.48. The summed E-state index contributed by atoms with van der Waals surface area (Å²) in [5, 5.41) is 13.4. The maximum absolute atomic E-state index is 9.95. The number of phenolic OH excluding ortho intramolecular Hbond substituents is 1. The Morgan fingerprint density at radius 1 is 1.39 bits per heavy atom. The third-order valence-corrected chi connectivity index (χ3v) is 3.43. The van der Waals surface area contributed by atoms with Crippen LogP contribution in [0.3, 0.4) is 0 Å². The summed E-state index contributed by atoms with van der Waals surface area (Å²) in [6, 6.07) is 5.59. The van der Waals surface area contributed by atoms with Crippen molar-refractivity contribution >= 4 is 0 Å². The van der Waals surface area contributed by atoms with Gasteiger partial charge in [-0.1, -0.05) is 24.3 Å². The predicted molar refractivity (Wildman–Crippen MR) is 72.8 cm³/mol. The van der Waals surface area contributed by atoms with Crippen LogP contribution in [-0.2, 0) is 6.54 Å². The molecule has 1 unspecified atom stereocenters. The van der Waals surface area contributed by atoms with Gasteiger partial charge in [-0.05, 0) is 37.8 Å². The Labute approximate surface area is 108 Å². The highest BCUT2D eigenvalue weighted by Gasteiger charge is 2.10. The molecular weight excluding hydrogens is 226 g/mol. The van der Waals surface area contributed by atoms with Gasteiger partial charge in [0, 0.05) is 12.1 Å². The lowest BCUT2D eigenvalue weighted by atomic mass is 9.94. The lowest BCUT2D eigenvalue weighted by molar-refractivity contribution is 0.368. The summed E-state index contributed by atoms with van der Waals surface area (Å²) in [7, 11) is 1.57. The van der Waals surface area contributed by atoms with Gasteiger partial charge in [0.2, 0.25) is 0 Å². The number of methoxy groups -OCH3 is 1. The van der Waals surface area contributed by atoms with Crippen LogP contribution >= 0.6 is 0 Å². The first-order valence-electron chi connectivity index (χ1n) is 6.52. The van der Waals surface area contributed by atoms with E-state index in [1.165, 1.54) is 12.8 Å². The Bertz CT molecular complexity index is 415. The average Bonchev–Trinajstić information content (AvgIpc) is 2.42. The number of phenols is 1. The van der Waals surface area contributed by atoms with E-state index in [-0.39, 0.29) is 5.75 Å². The fraction of sp³-hybridized carbons (Fsp3) is 0.467. The second-order valence-electron chi connectivity index (χ2n) is 4.75. The highest BCUT2D eigenvalue weighted by atomic mass is 16.5. The van der Waals surface area contributed by atoms with E-state index in [0.717, 1.165) is 24.4 Å². The van der Waals surface area contributed by atoms with Gasteiger partial charge in [-0.2, -0.15) is 0 Å². The third kappa shape index (κ3) is 3.26. The minimum atomic E-state index is 0.246. The first-order valence-corrected chi connectivity index (χ1v) is 6.52. The first-order chi connectivity index (χ1) is 8.81. The van der Waals surface area contributed by atoms with Gasteiger partial charge in [-0.25, -0.2) is 0 Å². The van der Waals surface area contributed by atoms with Gasteiger partial charge in [-0.15, -0.1) is 0 Å². The van der Waals surface area contributed by atoms with E-state index < -0.39 is 0 Å². The second kappa shape index (κ2) is 6.45. The molecule has 0 bridgehead atoms. The standard InChI is InChI=1S/C15H21NO2/c1-18-14-9-5-8-13(15(14)17)11-16-10-12-6-3-2-4-7-12/h2-3,5,8-9,12,16-17H,4,6-7,10-11H2,1H3. The summed E-state index contributed by atoms with van der Waals surface area (Å²) < 4.78 is 5.10. The van der Waals surface area contributed by atoms with E-state index in [4.69, 9.17) is 4.74 Å². The summed E-state index contributed by atoms with van der Waals surface area (Å²) in [5.74, 6) is 1.51. The predicted octanol–water partition coefficient (Wildman–Crippen LogP) is 2.85. The number of allylic oxidation sites excluding steroid dienone is 2. The molecule has 1 atom stereocenters. The number of benzene rings is 1. The molecule has 0 aromatic heterocycles. The number of ether oxygens (including phenoxy) is 1. The van der Waals surface area contributed by atoms with Crippen molar-refractivity contribution in [2.45, 2.75) is 25.8 Å². The van der Waals surface area contributed by atoms with Crippen LogP contribution in [0.15, 0.2) is 30.4 Å². The van der Waals surface area contributed by atoms with Gasteiger partial charge >= 0.3 is 0 Å². The molecular formula is C15H21NO2. The summed E-state index contributed by atoms with van der Waals surface area (Å²) >= 11 is 0. The molecule has 0 radical (unpaired) electrons. The van der Waals surface area contributed by atoms with Gasteiger partial charge < -0.3 is 15.2 Å². The third-order valence-electron chi connectivity index (χ3n) is 3.43. The van der Waals surface area contributed by atoms with Crippen molar-refractivity contribution in [3.05, 3.63) is 35.9 Å². The maximum Gasteiger partial charge on any atom is 0.162 e. The molecule has 0 aliphatic heterocycles. The second-order valence-corrected chi connectivity index (χ2v) is 4.75. The van der Waals surface area contributed by atoms with Crippen LogP contribution in [0.1, 0.15) is 24.8 Å². The normalized spacial score (nSPS) is 18.8. The number of hydrogen-bond donors (Lipinski definition) is 2. The number of aromatic hydroxyl groups is 1. The van der Waals surface area contributed by atoms with Crippen molar-refractivity contribution in [1.29, 1.82) is 0 Å². The van der Waals surface area contributed by atoms with Crippen molar-refractivity contribution in [3.8, 4) is 11.5 Å². The fourth-order valence-corrected chi connectivity index (χ4v) is 2.33. The number of rotatable bonds is 5. The molecule has 3 heteroatoms. The Kier molecular flexibility index (Phi) is 4.65. The van der Waals surface area contributed by atoms with Crippen molar-refractivity contribution in [2.75, 3.05) is 13.7 Å². The number of nitrogens with one attached hydrogen (secondary N) is 1. The smallest absolute Gasteiger partial charge is 0.162 e. The molecule has 1 aliphatic rings. The van der Waals surface area contributed by atoms with E-state index in [0.29, 0.717) is 12.3 Å². The van der Waals surface area contributed by atoms with Crippen molar-refractivity contribution in [1.82, 2.24) is 5.32 Å². The van der Waals surface area contributed by atoms with Gasteiger partial charge in [0.1, 0.15) is 0 Å². The zero-order valence-corrected chi connectivity index (χ0v) is 10.9. The minimum absolute atomic E-state index is 0.246. The molecule has 0 spiro atoms. The fourth-order valence-electron chi connectivity index (χ4n) is 2.33. The van der Waals surface area contributed by atoms with E-state index in [9.17, 15) is 5.11 Å². The Balaban J connectivity index is 1.84. The topological polar surface area (TPSA) is 41.5 Å². The summed E-state index contributed by atoms with van der Waals surface area (Å²) in [6.45, 7) is 1.68. The van der Waals surface area contributed by atoms with Crippen molar-refractivity contribution < 1.29 is 9.84 Å². The minimum Gasteiger partial charge on any atom is -0.504 e. The zero-order chi connectivity index (χ0) is 12.8. The Morgan fingerprint density at radius 3 is 3.00 bits per heavy atom. The SMILES string of the molecule is COc1cccc(CNCC2CC=CCC2)c1O. The van der Waals surface area contributed by atoms with Crippen molar-refractivity contribution in [3.63, 3.8) is 0 Å². The van der Waals surface area contributed by atoms with E-state index in [2.05, 4.69) is 17.5 Å². The molecule has 1 aromatic carbocycles. The van der Waals surface area contributed by atoms with Crippen LogP contribution in [0, 0.1) is 5.92 Å². The molecule has 98 valence electrons. The summed E-state index contributed by atoms with van der Waals surface area (Å²) in [4.78, 5) is 0. The largest absolute Gasteiger partial charge is 0.504 e. The molecule has 2 rings (SSSR count). The van der Waals surface area contributed by atoms with Gasteiger partial charge in [-0.3, -0.25) is 0 Å². The first kappa shape index (κ1) is 13.0. The molecule has 18 heavy (non-hydrogen) atoms. The molecule has 0 saturated heterocycles. The van der Waals surface area contributed by atoms with Crippen LogP contribution in [0.5, 0.6) is 11.5 Å². The average molecular weight is 247 g/mol. The lowest BCUT2D eigenvalue weighted by Gasteiger charge is -2.18. The number of hydrogen-bond acceptors (Lipinski definition) is 3. The lowest BCUT2D eigenvalue weighted by Crippen LogP contribution is -2.23. The zero-order valence-electron chi connectivity index (χ0n) is 10.9. The summed E-state index contributed by atoms with van der Waals surface area (Å²) in [6.07, 6.45) is 8.13. The quantitative estimate of drug-likeness (QED) is 0.786. The van der Waals surface area contributed by atoms with E-state index in [1.807, 2.05) is 12.1 Å².